The summed E-state index contributed by atoms with van der Waals surface area (Å²) in [5, 5.41) is 9.97. The van der Waals surface area contributed by atoms with Crippen LogP contribution in [0.3, 0.4) is 0 Å². The highest BCUT2D eigenvalue weighted by atomic mass is 32.1. The van der Waals surface area contributed by atoms with E-state index in [0.717, 1.165) is 33.9 Å². The van der Waals surface area contributed by atoms with Crippen LogP contribution in [0.15, 0.2) is 96.1 Å². The van der Waals surface area contributed by atoms with Crippen molar-refractivity contribution in [3.05, 3.63) is 96.6 Å². The van der Waals surface area contributed by atoms with E-state index in [2.05, 4.69) is 34.0 Å². The lowest BCUT2D eigenvalue weighted by molar-refractivity contribution is 0.415. The number of hydrazone groups is 1. The monoisotopic (exact) mass is 427 g/mol. The second kappa shape index (κ2) is 9.73. The third-order valence-corrected chi connectivity index (χ3v) is 4.76. The van der Waals surface area contributed by atoms with Gasteiger partial charge < -0.3 is 14.8 Å². The van der Waals surface area contributed by atoms with Crippen molar-refractivity contribution in [1.82, 2.24) is 5.43 Å². The average Bonchev–Trinajstić information content (AvgIpc) is 2.81. The molecule has 4 rings (SSSR count). The van der Waals surface area contributed by atoms with E-state index in [1.165, 1.54) is 5.39 Å². The number of nitrogens with zero attached hydrogens (tertiary/aromatic N) is 1. The van der Waals surface area contributed by atoms with Crippen molar-refractivity contribution >= 4 is 40.0 Å². The van der Waals surface area contributed by atoms with Gasteiger partial charge in [-0.15, -0.1) is 0 Å². The number of hydrogen-bond donors (Lipinski definition) is 2. The summed E-state index contributed by atoms with van der Waals surface area (Å²) < 4.78 is 11.1. The van der Waals surface area contributed by atoms with Crippen molar-refractivity contribution < 1.29 is 9.47 Å². The zero-order chi connectivity index (χ0) is 21.5. The van der Waals surface area contributed by atoms with Crippen LogP contribution < -0.4 is 20.2 Å². The fourth-order valence-corrected chi connectivity index (χ4v) is 3.16. The molecule has 0 aliphatic rings. The summed E-state index contributed by atoms with van der Waals surface area (Å²) in [6, 6.07) is 29.4. The summed E-state index contributed by atoms with van der Waals surface area (Å²) in [7, 11) is 1.63. The first kappa shape index (κ1) is 20.4. The maximum atomic E-state index is 5.97. The number of thiocarbonyl (C=S) groups is 1. The second-order valence-electron chi connectivity index (χ2n) is 6.73. The molecule has 6 heteroatoms. The number of benzene rings is 4. The molecule has 0 aliphatic carbocycles. The largest absolute Gasteiger partial charge is 0.497 e. The zero-order valence-corrected chi connectivity index (χ0v) is 17.7. The molecule has 0 aliphatic heterocycles. The van der Waals surface area contributed by atoms with E-state index in [-0.39, 0.29) is 0 Å². The summed E-state index contributed by atoms with van der Waals surface area (Å²) in [5.41, 5.74) is 4.58. The van der Waals surface area contributed by atoms with Gasteiger partial charge in [0.05, 0.1) is 13.3 Å². The van der Waals surface area contributed by atoms with Crippen molar-refractivity contribution in [3.8, 4) is 17.2 Å². The quantitative estimate of drug-likeness (QED) is 0.226. The molecule has 0 bridgehead atoms. The van der Waals surface area contributed by atoms with Crippen LogP contribution >= 0.6 is 12.2 Å². The normalized spacial score (nSPS) is 10.7. The van der Waals surface area contributed by atoms with Crippen LogP contribution in [-0.2, 0) is 0 Å². The molecule has 0 radical (unpaired) electrons. The van der Waals surface area contributed by atoms with Crippen LogP contribution in [0.4, 0.5) is 5.69 Å². The highest BCUT2D eigenvalue weighted by molar-refractivity contribution is 7.80. The number of anilines is 1. The lowest BCUT2D eigenvalue weighted by atomic mass is 10.1. The lowest BCUT2D eigenvalue weighted by Crippen LogP contribution is -2.23. The van der Waals surface area contributed by atoms with Crippen molar-refractivity contribution in [1.29, 1.82) is 0 Å². The Labute approximate surface area is 186 Å². The van der Waals surface area contributed by atoms with Crippen LogP contribution in [-0.4, -0.2) is 18.4 Å². The molecule has 0 heterocycles. The SMILES string of the molecule is COc1ccc(NC(=S)N/N=C/c2ccc(Oc3ccc4ccccc4c3)cc2)cc1. The Morgan fingerprint density at radius 3 is 2.23 bits per heavy atom. The number of rotatable bonds is 6. The van der Waals surface area contributed by atoms with E-state index in [9.17, 15) is 0 Å². The Hall–Kier alpha value is -3.90. The third-order valence-electron chi connectivity index (χ3n) is 4.56. The van der Waals surface area contributed by atoms with E-state index in [0.29, 0.717) is 5.11 Å². The molecule has 0 saturated heterocycles. The Bertz CT molecular complexity index is 1210. The molecule has 0 unspecified atom stereocenters. The summed E-state index contributed by atoms with van der Waals surface area (Å²) >= 11 is 5.25. The minimum absolute atomic E-state index is 0.401. The molecule has 0 amide bonds. The fourth-order valence-electron chi connectivity index (χ4n) is 2.99. The van der Waals surface area contributed by atoms with Gasteiger partial charge in [-0.1, -0.05) is 30.3 Å². The van der Waals surface area contributed by atoms with Crippen molar-refractivity contribution in [2.24, 2.45) is 5.10 Å². The molecule has 0 spiro atoms. The second-order valence-corrected chi connectivity index (χ2v) is 7.14. The Kier molecular flexibility index (Phi) is 6.40. The van der Waals surface area contributed by atoms with Gasteiger partial charge in [0.15, 0.2) is 5.11 Å². The van der Waals surface area contributed by atoms with Gasteiger partial charge in [-0.05, 0) is 89.2 Å². The van der Waals surface area contributed by atoms with Crippen LogP contribution in [0.1, 0.15) is 5.56 Å². The molecule has 0 atom stereocenters. The minimum Gasteiger partial charge on any atom is -0.497 e. The molecule has 154 valence electrons. The van der Waals surface area contributed by atoms with E-state index in [4.69, 9.17) is 21.7 Å². The molecular formula is C25H21N3O2S. The third kappa shape index (κ3) is 5.58. The number of ether oxygens (including phenoxy) is 2. The van der Waals surface area contributed by atoms with Gasteiger partial charge in [0.1, 0.15) is 17.2 Å². The van der Waals surface area contributed by atoms with Crippen LogP contribution in [0.5, 0.6) is 17.2 Å². The predicted octanol–water partition coefficient (Wildman–Crippen LogP) is 5.96. The van der Waals surface area contributed by atoms with Crippen molar-refractivity contribution in [3.63, 3.8) is 0 Å². The standard InChI is InChI=1S/C25H21N3O2S/c1-29-22-14-9-21(10-15-22)27-25(31)28-26-17-18-6-11-23(12-7-18)30-24-13-8-19-4-2-3-5-20(19)16-24/h2-17H,1H3,(H2,27,28,31)/b26-17+. The topological polar surface area (TPSA) is 54.9 Å². The van der Waals surface area contributed by atoms with Gasteiger partial charge in [-0.2, -0.15) is 5.10 Å². The molecule has 4 aromatic carbocycles. The summed E-state index contributed by atoms with van der Waals surface area (Å²) in [6.07, 6.45) is 1.70. The van der Waals surface area contributed by atoms with E-state index in [1.807, 2.05) is 72.8 Å². The fraction of sp³-hybridized carbons (Fsp3) is 0.0400. The Morgan fingerprint density at radius 1 is 0.806 bits per heavy atom. The smallest absolute Gasteiger partial charge is 0.191 e. The first-order valence-electron chi connectivity index (χ1n) is 9.70. The molecule has 0 saturated carbocycles. The van der Waals surface area contributed by atoms with Gasteiger partial charge in [0, 0.05) is 5.69 Å². The molecule has 31 heavy (non-hydrogen) atoms. The first-order valence-corrected chi connectivity index (χ1v) is 10.1. The van der Waals surface area contributed by atoms with Gasteiger partial charge >= 0.3 is 0 Å². The van der Waals surface area contributed by atoms with Crippen molar-refractivity contribution in [2.75, 3.05) is 12.4 Å². The summed E-state index contributed by atoms with van der Waals surface area (Å²) in [6.45, 7) is 0. The van der Waals surface area contributed by atoms with Gasteiger partial charge in [0.2, 0.25) is 0 Å². The highest BCUT2D eigenvalue weighted by Gasteiger charge is 2.00. The summed E-state index contributed by atoms with van der Waals surface area (Å²) in [5.74, 6) is 2.35. The van der Waals surface area contributed by atoms with Crippen LogP contribution in [0.2, 0.25) is 0 Å². The van der Waals surface area contributed by atoms with Gasteiger partial charge in [-0.25, -0.2) is 0 Å². The zero-order valence-electron chi connectivity index (χ0n) is 16.9. The molecular weight excluding hydrogens is 406 g/mol. The number of methoxy groups -OCH3 is 1. The van der Waals surface area contributed by atoms with E-state index >= 15 is 0 Å². The maximum absolute atomic E-state index is 5.97. The molecule has 4 aromatic rings. The molecule has 5 nitrogen and oxygen atoms in total. The number of nitrogens with one attached hydrogen (secondary N) is 2. The van der Waals surface area contributed by atoms with E-state index < -0.39 is 0 Å². The number of hydrogen-bond acceptors (Lipinski definition) is 4. The lowest BCUT2D eigenvalue weighted by Gasteiger charge is -2.08. The molecule has 2 N–H and O–H groups in total. The Balaban J connectivity index is 1.31. The average molecular weight is 428 g/mol. The molecule has 0 aromatic heterocycles. The predicted molar refractivity (Wildman–Crippen MR) is 130 cm³/mol. The van der Waals surface area contributed by atoms with Crippen LogP contribution in [0.25, 0.3) is 10.8 Å². The summed E-state index contributed by atoms with van der Waals surface area (Å²) in [4.78, 5) is 0. The van der Waals surface area contributed by atoms with E-state index in [1.54, 1.807) is 13.3 Å². The first-order chi connectivity index (χ1) is 15.2. The maximum Gasteiger partial charge on any atom is 0.191 e. The molecule has 0 fully saturated rings. The highest BCUT2D eigenvalue weighted by Crippen LogP contribution is 2.25. The minimum atomic E-state index is 0.401. The van der Waals surface area contributed by atoms with Gasteiger partial charge in [-0.3, -0.25) is 5.43 Å². The van der Waals surface area contributed by atoms with Crippen LogP contribution in [0, 0.1) is 0 Å². The van der Waals surface area contributed by atoms with Crippen molar-refractivity contribution in [2.45, 2.75) is 0 Å². The van der Waals surface area contributed by atoms with Gasteiger partial charge in [0.25, 0.3) is 0 Å². The number of fused-ring (bicyclic) bond motifs is 1. The Morgan fingerprint density at radius 2 is 1.48 bits per heavy atom.